The molecule has 0 radical (unpaired) electrons. The maximum atomic E-state index is 10.9. The Bertz CT molecular complexity index is 785. The van der Waals surface area contributed by atoms with Gasteiger partial charge in [0.05, 0.1) is 0 Å². The number of nitrogens with zero attached hydrogens (tertiary/aromatic N) is 2. The van der Waals surface area contributed by atoms with Crippen molar-refractivity contribution in [3.05, 3.63) is 54.6 Å². The normalized spacial score (nSPS) is 10.3. The van der Waals surface area contributed by atoms with Crippen LogP contribution in [0.3, 0.4) is 0 Å². The zero-order chi connectivity index (χ0) is 16.1. The maximum Gasteiger partial charge on any atom is 0.281 e. The number of hydrogen-bond donors (Lipinski definition) is 2. The van der Waals surface area contributed by atoms with Crippen LogP contribution in [0, 0.1) is 0 Å². The van der Waals surface area contributed by atoms with E-state index < -0.39 is 5.91 Å². The standard InChI is InChI=1S/C16H13N3O4/c20-14(18-21)10-22-13-8-6-12(7-9-13)16-17-15(19-23-16)11-4-2-1-3-5-11/h1-9,21H,10H2,(H,18,20). The van der Waals surface area contributed by atoms with E-state index in [2.05, 4.69) is 10.1 Å². The molecular formula is C16H13N3O4. The largest absolute Gasteiger partial charge is 0.484 e. The summed E-state index contributed by atoms with van der Waals surface area (Å²) >= 11 is 0. The summed E-state index contributed by atoms with van der Waals surface area (Å²) in [6.45, 7) is -0.269. The minimum Gasteiger partial charge on any atom is -0.484 e. The lowest BCUT2D eigenvalue weighted by Crippen LogP contribution is -2.25. The number of benzene rings is 2. The second-order valence-electron chi connectivity index (χ2n) is 4.64. The van der Waals surface area contributed by atoms with Crippen LogP contribution in [0.25, 0.3) is 22.8 Å². The third kappa shape index (κ3) is 3.53. The van der Waals surface area contributed by atoms with Crippen LogP contribution in [0.2, 0.25) is 0 Å². The van der Waals surface area contributed by atoms with Crippen LogP contribution in [-0.4, -0.2) is 27.9 Å². The molecule has 0 saturated carbocycles. The lowest BCUT2D eigenvalue weighted by atomic mass is 10.2. The molecule has 0 spiro atoms. The van der Waals surface area contributed by atoms with Crippen molar-refractivity contribution in [3.63, 3.8) is 0 Å². The average Bonchev–Trinajstić information content (AvgIpc) is 3.11. The van der Waals surface area contributed by atoms with Crippen molar-refractivity contribution in [1.82, 2.24) is 15.6 Å². The molecule has 3 aromatic rings. The highest BCUT2D eigenvalue weighted by molar-refractivity contribution is 5.76. The summed E-state index contributed by atoms with van der Waals surface area (Å²) in [5, 5.41) is 12.4. The van der Waals surface area contributed by atoms with Crippen LogP contribution >= 0.6 is 0 Å². The molecule has 7 nitrogen and oxygen atoms in total. The van der Waals surface area contributed by atoms with Gasteiger partial charge in [-0.3, -0.25) is 10.0 Å². The lowest BCUT2D eigenvalue weighted by Gasteiger charge is -2.04. The third-order valence-corrected chi connectivity index (χ3v) is 3.05. The van der Waals surface area contributed by atoms with E-state index in [0.29, 0.717) is 17.5 Å². The first kappa shape index (κ1) is 14.7. The zero-order valence-electron chi connectivity index (χ0n) is 12.0. The number of carbonyl (C=O) groups is 1. The molecule has 2 N–H and O–H groups in total. The molecule has 1 heterocycles. The lowest BCUT2D eigenvalue weighted by molar-refractivity contribution is -0.131. The summed E-state index contributed by atoms with van der Waals surface area (Å²) in [6, 6.07) is 16.4. The molecule has 0 unspecified atom stereocenters. The number of nitrogens with one attached hydrogen (secondary N) is 1. The van der Waals surface area contributed by atoms with E-state index in [1.165, 1.54) is 5.48 Å². The van der Waals surface area contributed by atoms with E-state index in [-0.39, 0.29) is 6.61 Å². The van der Waals surface area contributed by atoms with E-state index in [1.807, 2.05) is 30.3 Å². The summed E-state index contributed by atoms with van der Waals surface area (Å²) in [6.07, 6.45) is 0. The highest BCUT2D eigenvalue weighted by Gasteiger charge is 2.10. The van der Waals surface area contributed by atoms with Gasteiger partial charge in [-0.2, -0.15) is 4.98 Å². The molecule has 0 aliphatic heterocycles. The number of hydroxylamine groups is 1. The van der Waals surface area contributed by atoms with Crippen molar-refractivity contribution in [2.75, 3.05) is 6.61 Å². The molecule has 1 aromatic heterocycles. The van der Waals surface area contributed by atoms with Gasteiger partial charge in [0.1, 0.15) is 5.75 Å². The van der Waals surface area contributed by atoms with Crippen LogP contribution in [0.5, 0.6) is 5.75 Å². The fraction of sp³-hybridized carbons (Fsp3) is 0.0625. The van der Waals surface area contributed by atoms with Gasteiger partial charge in [-0.25, -0.2) is 5.48 Å². The number of carbonyl (C=O) groups excluding carboxylic acids is 1. The van der Waals surface area contributed by atoms with Crippen molar-refractivity contribution < 1.29 is 19.3 Å². The Morgan fingerprint density at radius 1 is 1.09 bits per heavy atom. The van der Waals surface area contributed by atoms with Gasteiger partial charge in [0.25, 0.3) is 11.8 Å². The Labute approximate surface area is 131 Å². The summed E-state index contributed by atoms with van der Waals surface area (Å²) < 4.78 is 10.4. The molecule has 0 bridgehead atoms. The number of rotatable bonds is 5. The quantitative estimate of drug-likeness (QED) is 0.554. The Hall–Kier alpha value is -3.19. The predicted molar refractivity (Wildman–Crippen MR) is 80.6 cm³/mol. The van der Waals surface area contributed by atoms with Gasteiger partial charge in [0, 0.05) is 11.1 Å². The molecule has 0 aliphatic carbocycles. The Morgan fingerprint density at radius 2 is 1.83 bits per heavy atom. The van der Waals surface area contributed by atoms with Gasteiger partial charge in [-0.1, -0.05) is 35.5 Å². The number of aromatic nitrogens is 2. The second-order valence-corrected chi connectivity index (χ2v) is 4.64. The minimum atomic E-state index is -0.626. The number of amides is 1. The summed E-state index contributed by atoms with van der Waals surface area (Å²) in [7, 11) is 0. The molecule has 2 aromatic carbocycles. The molecule has 0 fully saturated rings. The van der Waals surface area contributed by atoms with Gasteiger partial charge >= 0.3 is 0 Å². The number of ether oxygens (including phenoxy) is 1. The van der Waals surface area contributed by atoms with Crippen molar-refractivity contribution >= 4 is 5.91 Å². The molecule has 3 rings (SSSR count). The fourth-order valence-corrected chi connectivity index (χ4v) is 1.92. The van der Waals surface area contributed by atoms with Crippen LogP contribution in [0.15, 0.2) is 59.1 Å². The van der Waals surface area contributed by atoms with Crippen molar-refractivity contribution in [2.45, 2.75) is 0 Å². The predicted octanol–water partition coefficient (Wildman–Crippen LogP) is 2.29. The first-order chi connectivity index (χ1) is 11.3. The van der Waals surface area contributed by atoms with Gasteiger partial charge < -0.3 is 9.26 Å². The van der Waals surface area contributed by atoms with Crippen molar-refractivity contribution in [2.24, 2.45) is 0 Å². The van der Waals surface area contributed by atoms with Crippen LogP contribution in [0.1, 0.15) is 0 Å². The Balaban J connectivity index is 1.73. The smallest absolute Gasteiger partial charge is 0.281 e. The molecule has 0 saturated heterocycles. The van der Waals surface area contributed by atoms with Crippen molar-refractivity contribution in [3.8, 4) is 28.6 Å². The zero-order valence-corrected chi connectivity index (χ0v) is 12.0. The molecule has 116 valence electrons. The molecule has 1 amide bonds. The van der Waals surface area contributed by atoms with E-state index in [4.69, 9.17) is 14.5 Å². The van der Waals surface area contributed by atoms with E-state index in [0.717, 1.165) is 11.1 Å². The third-order valence-electron chi connectivity index (χ3n) is 3.05. The topological polar surface area (TPSA) is 97.5 Å². The number of hydrogen-bond acceptors (Lipinski definition) is 6. The molecule has 23 heavy (non-hydrogen) atoms. The Morgan fingerprint density at radius 3 is 2.52 bits per heavy atom. The van der Waals surface area contributed by atoms with Crippen LogP contribution in [0.4, 0.5) is 0 Å². The fourth-order valence-electron chi connectivity index (χ4n) is 1.92. The Kier molecular flexibility index (Phi) is 4.30. The van der Waals surface area contributed by atoms with Gasteiger partial charge in [-0.15, -0.1) is 0 Å². The van der Waals surface area contributed by atoms with E-state index >= 15 is 0 Å². The summed E-state index contributed by atoms with van der Waals surface area (Å²) in [5.41, 5.74) is 3.10. The molecule has 0 aliphatic rings. The highest BCUT2D eigenvalue weighted by atomic mass is 16.5. The highest BCUT2D eigenvalue weighted by Crippen LogP contribution is 2.23. The van der Waals surface area contributed by atoms with Crippen LogP contribution < -0.4 is 10.2 Å². The SMILES string of the molecule is O=C(COc1ccc(-c2nc(-c3ccccc3)no2)cc1)NO. The first-order valence-corrected chi connectivity index (χ1v) is 6.81. The van der Waals surface area contributed by atoms with Gasteiger partial charge in [0.2, 0.25) is 5.82 Å². The molecular weight excluding hydrogens is 298 g/mol. The second kappa shape index (κ2) is 6.71. The summed E-state index contributed by atoms with van der Waals surface area (Å²) in [5.74, 6) is 0.766. The summed E-state index contributed by atoms with van der Waals surface area (Å²) in [4.78, 5) is 15.2. The van der Waals surface area contributed by atoms with E-state index in [1.54, 1.807) is 24.3 Å². The van der Waals surface area contributed by atoms with Crippen LogP contribution in [-0.2, 0) is 4.79 Å². The van der Waals surface area contributed by atoms with Crippen molar-refractivity contribution in [1.29, 1.82) is 0 Å². The van der Waals surface area contributed by atoms with Gasteiger partial charge in [0.15, 0.2) is 6.61 Å². The first-order valence-electron chi connectivity index (χ1n) is 6.81. The minimum absolute atomic E-state index is 0.269. The van der Waals surface area contributed by atoms with Gasteiger partial charge in [-0.05, 0) is 24.3 Å². The molecule has 0 atom stereocenters. The molecule has 7 heteroatoms. The van der Waals surface area contributed by atoms with E-state index in [9.17, 15) is 4.79 Å². The average molecular weight is 311 g/mol. The monoisotopic (exact) mass is 311 g/mol. The maximum absolute atomic E-state index is 10.9.